The largest absolute Gasteiger partial charge is 0.490 e. The van der Waals surface area contributed by atoms with Crippen molar-refractivity contribution in [3.63, 3.8) is 0 Å². The van der Waals surface area contributed by atoms with Crippen LogP contribution >= 0.6 is 15.9 Å². The Morgan fingerprint density at radius 1 is 1.19 bits per heavy atom. The zero-order chi connectivity index (χ0) is 15.6. The standard InChI is InChI=1S/C18H28BrNO/c1-6-18(7-2)15(20-8-3)11-16(18)21-14-9-12(4)17(19)13(5)10-14/h9-10,15-16,20H,6-8,11H2,1-5H3. The van der Waals surface area contributed by atoms with E-state index in [1.807, 2.05) is 0 Å². The van der Waals surface area contributed by atoms with Crippen molar-refractivity contribution in [1.82, 2.24) is 5.32 Å². The molecule has 1 N–H and O–H groups in total. The van der Waals surface area contributed by atoms with Gasteiger partial charge in [-0.15, -0.1) is 0 Å². The number of hydrogen-bond donors (Lipinski definition) is 1. The summed E-state index contributed by atoms with van der Waals surface area (Å²) >= 11 is 3.62. The Bertz CT molecular complexity index is 473. The topological polar surface area (TPSA) is 21.3 Å². The van der Waals surface area contributed by atoms with Gasteiger partial charge in [0.25, 0.3) is 0 Å². The molecule has 21 heavy (non-hydrogen) atoms. The summed E-state index contributed by atoms with van der Waals surface area (Å²) in [6.45, 7) is 12.1. The van der Waals surface area contributed by atoms with E-state index in [-0.39, 0.29) is 5.41 Å². The van der Waals surface area contributed by atoms with Gasteiger partial charge in [0.05, 0.1) is 0 Å². The second-order valence-electron chi connectivity index (χ2n) is 6.26. The number of halogens is 1. The van der Waals surface area contributed by atoms with Gasteiger partial charge in [0.15, 0.2) is 0 Å². The third kappa shape index (κ3) is 3.00. The Balaban J connectivity index is 2.16. The number of benzene rings is 1. The predicted molar refractivity (Wildman–Crippen MR) is 93.1 cm³/mol. The molecule has 0 aromatic heterocycles. The van der Waals surface area contributed by atoms with E-state index in [4.69, 9.17) is 4.74 Å². The number of ether oxygens (including phenoxy) is 1. The van der Waals surface area contributed by atoms with Crippen LogP contribution in [-0.2, 0) is 0 Å². The molecule has 2 nitrogen and oxygen atoms in total. The van der Waals surface area contributed by atoms with Gasteiger partial charge < -0.3 is 10.1 Å². The van der Waals surface area contributed by atoms with Crippen molar-refractivity contribution < 1.29 is 4.74 Å². The number of hydrogen-bond acceptors (Lipinski definition) is 2. The summed E-state index contributed by atoms with van der Waals surface area (Å²) < 4.78 is 7.57. The fourth-order valence-electron chi connectivity index (χ4n) is 3.78. The van der Waals surface area contributed by atoms with Crippen molar-refractivity contribution in [3.8, 4) is 5.75 Å². The number of nitrogens with one attached hydrogen (secondary N) is 1. The van der Waals surface area contributed by atoms with E-state index in [2.05, 4.69) is 68.0 Å². The van der Waals surface area contributed by atoms with E-state index < -0.39 is 0 Å². The molecule has 1 aliphatic carbocycles. The molecule has 3 heteroatoms. The Labute approximate surface area is 137 Å². The Morgan fingerprint density at radius 2 is 1.76 bits per heavy atom. The van der Waals surface area contributed by atoms with Crippen LogP contribution in [0.5, 0.6) is 5.75 Å². The molecule has 118 valence electrons. The highest BCUT2D eigenvalue weighted by molar-refractivity contribution is 9.10. The first kappa shape index (κ1) is 16.8. The lowest BCUT2D eigenvalue weighted by Crippen LogP contribution is -2.64. The normalized spacial score (nSPS) is 23.7. The lowest BCUT2D eigenvalue weighted by Gasteiger charge is -2.55. The molecule has 1 aliphatic rings. The minimum atomic E-state index is 0.283. The van der Waals surface area contributed by atoms with Crippen molar-refractivity contribution in [1.29, 1.82) is 0 Å². The predicted octanol–water partition coefficient (Wildman–Crippen LogP) is 5.00. The molecule has 0 heterocycles. The summed E-state index contributed by atoms with van der Waals surface area (Å²) in [7, 11) is 0. The summed E-state index contributed by atoms with van der Waals surface area (Å²) in [4.78, 5) is 0. The number of aryl methyl sites for hydroxylation is 2. The first-order valence-corrected chi connectivity index (χ1v) is 8.94. The molecule has 1 aromatic carbocycles. The fourth-order valence-corrected chi connectivity index (χ4v) is 4.01. The first-order valence-electron chi connectivity index (χ1n) is 8.15. The molecule has 2 unspecified atom stereocenters. The maximum atomic E-state index is 6.38. The van der Waals surface area contributed by atoms with Crippen LogP contribution in [0.15, 0.2) is 16.6 Å². The van der Waals surface area contributed by atoms with E-state index in [9.17, 15) is 0 Å². The maximum Gasteiger partial charge on any atom is 0.120 e. The Kier molecular flexibility index (Phi) is 5.37. The summed E-state index contributed by atoms with van der Waals surface area (Å²) in [5, 5.41) is 3.63. The van der Waals surface area contributed by atoms with Gasteiger partial charge in [0, 0.05) is 22.4 Å². The van der Waals surface area contributed by atoms with Crippen LogP contribution in [0.1, 0.15) is 51.2 Å². The van der Waals surface area contributed by atoms with Gasteiger partial charge >= 0.3 is 0 Å². The zero-order valence-corrected chi connectivity index (χ0v) is 15.5. The Morgan fingerprint density at radius 3 is 2.24 bits per heavy atom. The van der Waals surface area contributed by atoms with Gasteiger partial charge in [-0.2, -0.15) is 0 Å². The molecule has 1 aromatic rings. The SMILES string of the molecule is CCNC1CC(Oc2cc(C)c(Br)c(C)c2)C1(CC)CC. The highest BCUT2D eigenvalue weighted by Gasteiger charge is 2.53. The third-order valence-corrected chi connectivity index (χ3v) is 6.49. The van der Waals surface area contributed by atoms with Crippen molar-refractivity contribution in [3.05, 3.63) is 27.7 Å². The van der Waals surface area contributed by atoms with Crippen LogP contribution in [0, 0.1) is 19.3 Å². The lowest BCUT2D eigenvalue weighted by atomic mass is 9.58. The highest BCUT2D eigenvalue weighted by Crippen LogP contribution is 2.49. The molecule has 0 radical (unpaired) electrons. The van der Waals surface area contributed by atoms with Crippen molar-refractivity contribution in [2.75, 3.05) is 6.54 Å². The van der Waals surface area contributed by atoms with Gasteiger partial charge in [-0.05, 0) is 56.5 Å². The molecule has 0 aliphatic heterocycles. The molecule has 0 bridgehead atoms. The zero-order valence-electron chi connectivity index (χ0n) is 13.9. The van der Waals surface area contributed by atoms with Crippen LogP contribution in [-0.4, -0.2) is 18.7 Å². The van der Waals surface area contributed by atoms with Gasteiger partial charge in [0.1, 0.15) is 11.9 Å². The van der Waals surface area contributed by atoms with Crippen molar-refractivity contribution in [2.24, 2.45) is 5.41 Å². The third-order valence-electron chi connectivity index (χ3n) is 5.24. The minimum absolute atomic E-state index is 0.283. The van der Waals surface area contributed by atoms with E-state index in [0.717, 1.165) is 18.7 Å². The molecule has 2 rings (SSSR count). The summed E-state index contributed by atoms with van der Waals surface area (Å²) in [6.07, 6.45) is 3.78. The average Bonchev–Trinajstić information content (AvgIpc) is 2.45. The minimum Gasteiger partial charge on any atom is -0.490 e. The summed E-state index contributed by atoms with van der Waals surface area (Å²) in [5.41, 5.74) is 2.77. The molecule has 1 fully saturated rings. The van der Waals surface area contributed by atoms with Gasteiger partial charge in [-0.1, -0.05) is 36.7 Å². The van der Waals surface area contributed by atoms with Crippen LogP contribution in [0.2, 0.25) is 0 Å². The van der Waals surface area contributed by atoms with E-state index >= 15 is 0 Å². The van der Waals surface area contributed by atoms with Crippen LogP contribution in [0.3, 0.4) is 0 Å². The van der Waals surface area contributed by atoms with E-state index in [0.29, 0.717) is 12.1 Å². The second-order valence-corrected chi connectivity index (χ2v) is 7.06. The maximum absolute atomic E-state index is 6.38. The van der Waals surface area contributed by atoms with Crippen LogP contribution in [0.25, 0.3) is 0 Å². The Hall–Kier alpha value is -0.540. The smallest absolute Gasteiger partial charge is 0.120 e. The van der Waals surface area contributed by atoms with Crippen molar-refractivity contribution in [2.45, 2.75) is 66.0 Å². The molecule has 0 spiro atoms. The lowest BCUT2D eigenvalue weighted by molar-refractivity contribution is -0.0854. The summed E-state index contributed by atoms with van der Waals surface area (Å²) in [5.74, 6) is 1.01. The fraction of sp³-hybridized carbons (Fsp3) is 0.667. The van der Waals surface area contributed by atoms with E-state index in [1.54, 1.807) is 0 Å². The van der Waals surface area contributed by atoms with Gasteiger partial charge in [-0.25, -0.2) is 0 Å². The van der Waals surface area contributed by atoms with Crippen LogP contribution < -0.4 is 10.1 Å². The average molecular weight is 354 g/mol. The summed E-state index contributed by atoms with van der Waals surface area (Å²) in [6, 6.07) is 4.89. The highest BCUT2D eigenvalue weighted by atomic mass is 79.9. The monoisotopic (exact) mass is 353 g/mol. The quantitative estimate of drug-likeness (QED) is 0.776. The molecular formula is C18H28BrNO. The van der Waals surface area contributed by atoms with Crippen LogP contribution in [0.4, 0.5) is 0 Å². The molecule has 1 saturated carbocycles. The second kappa shape index (κ2) is 6.70. The molecule has 2 atom stereocenters. The molecular weight excluding hydrogens is 326 g/mol. The number of rotatable bonds is 6. The first-order chi connectivity index (χ1) is 9.98. The van der Waals surface area contributed by atoms with E-state index in [1.165, 1.54) is 28.4 Å². The molecule has 0 amide bonds. The van der Waals surface area contributed by atoms with Crippen molar-refractivity contribution >= 4 is 15.9 Å². The van der Waals surface area contributed by atoms with Gasteiger partial charge in [-0.3, -0.25) is 0 Å². The van der Waals surface area contributed by atoms with Gasteiger partial charge in [0.2, 0.25) is 0 Å². The molecule has 0 saturated heterocycles.